The average Bonchev–Trinajstić information content (AvgIpc) is 2.18. The fourth-order valence-electron chi connectivity index (χ4n) is 1.93. The van der Waals surface area contributed by atoms with Gasteiger partial charge in [0.1, 0.15) is 6.61 Å². The Kier molecular flexibility index (Phi) is 5.13. The smallest absolute Gasteiger partial charge is 0.158 e. The molecule has 2 heteroatoms. The third-order valence-electron chi connectivity index (χ3n) is 2.82. The predicted octanol–water partition coefficient (Wildman–Crippen LogP) is 3.53. The number of hydrogen-bond acceptors (Lipinski definition) is 2. The van der Waals surface area contributed by atoms with Gasteiger partial charge < -0.3 is 4.74 Å². The molecular formula is C15H24O2. The molecule has 0 saturated carbocycles. The summed E-state index contributed by atoms with van der Waals surface area (Å²) < 4.78 is 5.51. The van der Waals surface area contributed by atoms with E-state index in [-0.39, 0.29) is 17.8 Å². The van der Waals surface area contributed by atoms with E-state index in [2.05, 4.69) is 45.9 Å². The molecule has 1 atom stereocenters. The Balaban J connectivity index is 2.24. The van der Waals surface area contributed by atoms with Crippen LogP contribution in [-0.4, -0.2) is 19.0 Å². The summed E-state index contributed by atoms with van der Waals surface area (Å²) in [5, 5.41) is 0. The second-order valence-corrected chi connectivity index (χ2v) is 6.01. The minimum absolute atomic E-state index is 0.0566. The monoisotopic (exact) mass is 236 g/mol. The Morgan fingerprint density at radius 2 is 2.18 bits per heavy atom. The molecule has 2 nitrogen and oxygen atoms in total. The minimum Gasteiger partial charge on any atom is -0.373 e. The highest BCUT2D eigenvalue weighted by molar-refractivity contribution is 5.80. The van der Waals surface area contributed by atoms with Crippen molar-refractivity contribution in [3.63, 3.8) is 0 Å². The zero-order valence-electron chi connectivity index (χ0n) is 11.5. The fourth-order valence-corrected chi connectivity index (χ4v) is 1.93. The molecule has 1 aliphatic carbocycles. The van der Waals surface area contributed by atoms with Gasteiger partial charge >= 0.3 is 0 Å². The lowest BCUT2D eigenvalue weighted by Gasteiger charge is -2.19. The first-order chi connectivity index (χ1) is 7.88. The molecule has 0 heterocycles. The van der Waals surface area contributed by atoms with Crippen molar-refractivity contribution in [3.8, 4) is 0 Å². The number of rotatable bonds is 5. The lowest BCUT2D eigenvalue weighted by Crippen LogP contribution is -2.19. The number of Topliss-reactive ketones (excluding diaryl/α,β-unsaturated/α-hetero) is 1. The quantitative estimate of drug-likeness (QED) is 0.683. The van der Waals surface area contributed by atoms with Crippen LogP contribution in [0.1, 0.15) is 40.5 Å². The van der Waals surface area contributed by atoms with Crippen LogP contribution in [0.25, 0.3) is 0 Å². The summed E-state index contributed by atoms with van der Waals surface area (Å²) >= 11 is 0. The van der Waals surface area contributed by atoms with Crippen LogP contribution in [0.4, 0.5) is 0 Å². The van der Waals surface area contributed by atoms with Crippen LogP contribution in [0.5, 0.6) is 0 Å². The van der Waals surface area contributed by atoms with Gasteiger partial charge in [-0.1, -0.05) is 44.6 Å². The first kappa shape index (κ1) is 14.2. The highest BCUT2D eigenvalue weighted by Crippen LogP contribution is 2.20. The molecule has 0 spiro atoms. The SMILES string of the molecule is CC1=CCC=CC1COCC(=O)CC(C)(C)C. The molecular weight excluding hydrogens is 212 g/mol. The molecule has 96 valence electrons. The van der Waals surface area contributed by atoms with E-state index in [1.807, 2.05) is 0 Å². The van der Waals surface area contributed by atoms with Gasteiger partial charge in [0.05, 0.1) is 6.61 Å². The number of hydrogen-bond donors (Lipinski definition) is 0. The van der Waals surface area contributed by atoms with E-state index >= 15 is 0 Å². The van der Waals surface area contributed by atoms with E-state index in [0.717, 1.165) is 6.42 Å². The van der Waals surface area contributed by atoms with Crippen molar-refractivity contribution in [2.45, 2.75) is 40.5 Å². The minimum atomic E-state index is 0.0566. The van der Waals surface area contributed by atoms with E-state index in [1.54, 1.807) is 0 Å². The van der Waals surface area contributed by atoms with Crippen LogP contribution in [0, 0.1) is 11.3 Å². The molecule has 1 rings (SSSR count). The second-order valence-electron chi connectivity index (χ2n) is 6.01. The molecule has 0 aromatic carbocycles. The van der Waals surface area contributed by atoms with Gasteiger partial charge in [0, 0.05) is 12.3 Å². The van der Waals surface area contributed by atoms with Crippen molar-refractivity contribution in [2.24, 2.45) is 11.3 Å². The van der Waals surface area contributed by atoms with E-state index in [4.69, 9.17) is 4.74 Å². The first-order valence-corrected chi connectivity index (χ1v) is 6.31. The van der Waals surface area contributed by atoms with Gasteiger partial charge in [0.2, 0.25) is 0 Å². The topological polar surface area (TPSA) is 26.3 Å². The molecule has 1 unspecified atom stereocenters. The van der Waals surface area contributed by atoms with Crippen LogP contribution in [0.15, 0.2) is 23.8 Å². The normalized spacial score (nSPS) is 20.2. The Bertz CT molecular complexity index is 318. The summed E-state index contributed by atoms with van der Waals surface area (Å²) in [5.74, 6) is 0.546. The van der Waals surface area contributed by atoms with Gasteiger partial charge in [-0.15, -0.1) is 0 Å². The van der Waals surface area contributed by atoms with Crippen molar-refractivity contribution in [3.05, 3.63) is 23.8 Å². The summed E-state index contributed by atoms with van der Waals surface area (Å²) in [6, 6.07) is 0. The molecule has 1 aliphatic rings. The molecule has 0 aromatic rings. The first-order valence-electron chi connectivity index (χ1n) is 6.31. The van der Waals surface area contributed by atoms with Crippen LogP contribution < -0.4 is 0 Å². The Hall–Kier alpha value is -0.890. The molecule has 0 amide bonds. The molecule has 0 fully saturated rings. The van der Waals surface area contributed by atoms with Gasteiger partial charge in [0.25, 0.3) is 0 Å². The number of carbonyl (C=O) groups is 1. The van der Waals surface area contributed by atoms with Crippen molar-refractivity contribution >= 4 is 5.78 Å². The highest BCUT2D eigenvalue weighted by Gasteiger charge is 2.16. The summed E-state index contributed by atoms with van der Waals surface area (Å²) in [6.07, 6.45) is 8.14. The van der Waals surface area contributed by atoms with Crippen molar-refractivity contribution in [1.29, 1.82) is 0 Å². The lowest BCUT2D eigenvalue weighted by molar-refractivity contribution is -0.125. The maximum absolute atomic E-state index is 11.6. The lowest BCUT2D eigenvalue weighted by atomic mass is 9.90. The van der Waals surface area contributed by atoms with Crippen molar-refractivity contribution in [2.75, 3.05) is 13.2 Å². The van der Waals surface area contributed by atoms with E-state index in [1.165, 1.54) is 5.57 Å². The number of ether oxygens (including phenoxy) is 1. The van der Waals surface area contributed by atoms with Crippen LogP contribution in [0.2, 0.25) is 0 Å². The number of ketones is 1. The van der Waals surface area contributed by atoms with Gasteiger partial charge in [-0.05, 0) is 18.8 Å². The third kappa shape index (κ3) is 5.83. The summed E-state index contributed by atoms with van der Waals surface area (Å²) in [6.45, 7) is 9.20. The number of allylic oxidation sites excluding steroid dienone is 2. The predicted molar refractivity (Wildman–Crippen MR) is 70.9 cm³/mol. The Labute approximate surface area is 105 Å². The summed E-state index contributed by atoms with van der Waals surface area (Å²) in [7, 11) is 0. The fraction of sp³-hybridized carbons (Fsp3) is 0.667. The molecule has 0 bridgehead atoms. The molecule has 17 heavy (non-hydrogen) atoms. The zero-order chi connectivity index (χ0) is 12.9. The third-order valence-corrected chi connectivity index (χ3v) is 2.82. The molecule has 0 N–H and O–H groups in total. The molecule has 0 aliphatic heterocycles. The maximum atomic E-state index is 11.6. The largest absolute Gasteiger partial charge is 0.373 e. The Morgan fingerprint density at radius 1 is 1.47 bits per heavy atom. The number of carbonyl (C=O) groups excluding carboxylic acids is 1. The van der Waals surface area contributed by atoms with Crippen LogP contribution in [-0.2, 0) is 9.53 Å². The highest BCUT2D eigenvalue weighted by atomic mass is 16.5. The van der Waals surface area contributed by atoms with Gasteiger partial charge in [-0.2, -0.15) is 0 Å². The van der Waals surface area contributed by atoms with Gasteiger partial charge in [-0.3, -0.25) is 4.79 Å². The maximum Gasteiger partial charge on any atom is 0.158 e. The van der Waals surface area contributed by atoms with Crippen LogP contribution in [0.3, 0.4) is 0 Å². The average molecular weight is 236 g/mol. The van der Waals surface area contributed by atoms with E-state index < -0.39 is 0 Å². The van der Waals surface area contributed by atoms with Crippen molar-refractivity contribution < 1.29 is 9.53 Å². The van der Waals surface area contributed by atoms with E-state index in [0.29, 0.717) is 18.9 Å². The standard InChI is InChI=1S/C15H24O2/c1-12-7-5-6-8-13(12)10-17-11-14(16)9-15(2,3)4/h6-8,13H,5,9-11H2,1-4H3. The molecule has 0 radical (unpaired) electrons. The summed E-state index contributed by atoms with van der Waals surface area (Å²) in [5.41, 5.74) is 1.40. The summed E-state index contributed by atoms with van der Waals surface area (Å²) in [4.78, 5) is 11.6. The van der Waals surface area contributed by atoms with Gasteiger partial charge in [-0.25, -0.2) is 0 Å². The molecule has 0 aromatic heterocycles. The molecule has 0 saturated heterocycles. The zero-order valence-corrected chi connectivity index (χ0v) is 11.5. The van der Waals surface area contributed by atoms with Gasteiger partial charge in [0.15, 0.2) is 5.78 Å². The Morgan fingerprint density at radius 3 is 2.76 bits per heavy atom. The van der Waals surface area contributed by atoms with Crippen molar-refractivity contribution in [1.82, 2.24) is 0 Å². The van der Waals surface area contributed by atoms with E-state index in [9.17, 15) is 4.79 Å². The van der Waals surface area contributed by atoms with Crippen LogP contribution >= 0.6 is 0 Å². The second kappa shape index (κ2) is 6.15.